The zero-order valence-corrected chi connectivity index (χ0v) is 16.4. The van der Waals surface area contributed by atoms with Crippen LogP contribution in [0, 0.1) is 5.92 Å². The van der Waals surface area contributed by atoms with E-state index < -0.39 is 0 Å². The highest BCUT2D eigenvalue weighted by Crippen LogP contribution is 2.40. The van der Waals surface area contributed by atoms with Crippen molar-refractivity contribution >= 4 is 21.6 Å². The van der Waals surface area contributed by atoms with E-state index in [-0.39, 0.29) is 6.10 Å². The van der Waals surface area contributed by atoms with E-state index in [1.165, 1.54) is 67.2 Å². The standard InChI is InChI=1S/C17H22N2OS.C3H8O/c1-2-11-6-8-12(9-7-11)20-16-15-13-4-3-5-14(13)21-17(15)19-10-18-16;1-3(2)4/h10-12H,2-9H2,1H3;3-4H,1-2H3. The number of ether oxygens (including phenoxy) is 1. The minimum atomic E-state index is -0.167. The molecule has 2 heterocycles. The predicted octanol–water partition coefficient (Wildman–Crippen LogP) is 4.91. The van der Waals surface area contributed by atoms with Crippen molar-refractivity contribution in [2.45, 2.75) is 84.3 Å². The van der Waals surface area contributed by atoms with Gasteiger partial charge in [0.1, 0.15) is 17.3 Å². The number of aryl methyl sites for hydroxylation is 2. The van der Waals surface area contributed by atoms with Crippen molar-refractivity contribution in [3.05, 3.63) is 16.8 Å². The summed E-state index contributed by atoms with van der Waals surface area (Å²) in [5, 5.41) is 9.27. The number of hydrogen-bond donors (Lipinski definition) is 1. The molecule has 2 aliphatic carbocycles. The summed E-state index contributed by atoms with van der Waals surface area (Å²) in [6.45, 7) is 5.74. The molecule has 138 valence electrons. The molecule has 5 heteroatoms. The van der Waals surface area contributed by atoms with Gasteiger partial charge in [0, 0.05) is 11.0 Å². The number of nitrogens with zero attached hydrogens (tertiary/aromatic N) is 2. The zero-order chi connectivity index (χ0) is 17.8. The smallest absolute Gasteiger partial charge is 0.225 e. The summed E-state index contributed by atoms with van der Waals surface area (Å²) in [7, 11) is 0. The summed E-state index contributed by atoms with van der Waals surface area (Å²) in [4.78, 5) is 11.5. The lowest BCUT2D eigenvalue weighted by molar-refractivity contribution is 0.126. The molecule has 2 aliphatic rings. The molecule has 0 radical (unpaired) electrons. The molecule has 4 nitrogen and oxygen atoms in total. The molecule has 0 bridgehead atoms. The first-order chi connectivity index (χ1) is 12.1. The SMILES string of the molecule is CC(C)O.CCC1CCC(Oc2ncnc3sc4c(c23)CCC4)CC1. The van der Waals surface area contributed by atoms with Gasteiger partial charge >= 0.3 is 0 Å². The van der Waals surface area contributed by atoms with Crippen molar-refractivity contribution in [1.29, 1.82) is 0 Å². The molecular weight excluding hydrogens is 332 g/mol. The van der Waals surface area contributed by atoms with Crippen LogP contribution in [-0.4, -0.2) is 27.3 Å². The third kappa shape index (κ3) is 4.50. The van der Waals surface area contributed by atoms with Crippen LogP contribution >= 0.6 is 11.3 Å². The summed E-state index contributed by atoms with van der Waals surface area (Å²) in [5.74, 6) is 1.75. The van der Waals surface area contributed by atoms with E-state index in [9.17, 15) is 0 Å². The highest BCUT2D eigenvalue weighted by molar-refractivity contribution is 7.18. The Bertz CT molecular complexity index is 688. The van der Waals surface area contributed by atoms with E-state index in [0.29, 0.717) is 6.10 Å². The predicted molar refractivity (Wildman–Crippen MR) is 103 cm³/mol. The molecule has 1 saturated carbocycles. The minimum Gasteiger partial charge on any atom is -0.474 e. The van der Waals surface area contributed by atoms with E-state index in [4.69, 9.17) is 9.84 Å². The molecule has 1 fully saturated rings. The Hall–Kier alpha value is -1.20. The summed E-state index contributed by atoms with van der Waals surface area (Å²) in [6.07, 6.45) is 11.8. The summed E-state index contributed by atoms with van der Waals surface area (Å²) < 4.78 is 6.30. The van der Waals surface area contributed by atoms with E-state index in [1.54, 1.807) is 20.2 Å². The van der Waals surface area contributed by atoms with Crippen LogP contribution in [-0.2, 0) is 12.8 Å². The van der Waals surface area contributed by atoms with E-state index in [1.807, 2.05) is 11.3 Å². The second kappa shape index (κ2) is 8.45. The number of hydrogen-bond acceptors (Lipinski definition) is 5. The molecule has 1 N–H and O–H groups in total. The van der Waals surface area contributed by atoms with Crippen LogP contribution in [0.15, 0.2) is 6.33 Å². The molecule has 0 saturated heterocycles. The average Bonchev–Trinajstić information content (AvgIpc) is 3.16. The lowest BCUT2D eigenvalue weighted by atomic mass is 9.86. The van der Waals surface area contributed by atoms with Crippen LogP contribution in [0.3, 0.4) is 0 Å². The largest absolute Gasteiger partial charge is 0.474 e. The van der Waals surface area contributed by atoms with Crippen LogP contribution in [0.4, 0.5) is 0 Å². The van der Waals surface area contributed by atoms with E-state index in [0.717, 1.165) is 16.6 Å². The molecular formula is C20H30N2O2S. The molecule has 2 aromatic rings. The second-order valence-corrected chi connectivity index (χ2v) is 8.56. The van der Waals surface area contributed by atoms with Crippen LogP contribution in [0.5, 0.6) is 5.88 Å². The first kappa shape index (κ1) is 18.6. The molecule has 0 unspecified atom stereocenters. The minimum absolute atomic E-state index is 0.167. The van der Waals surface area contributed by atoms with Gasteiger partial charge in [0.05, 0.1) is 5.39 Å². The number of aliphatic hydroxyl groups is 1. The zero-order valence-electron chi connectivity index (χ0n) is 15.6. The molecule has 25 heavy (non-hydrogen) atoms. The van der Waals surface area contributed by atoms with Crippen LogP contribution in [0.1, 0.15) is 69.7 Å². The maximum Gasteiger partial charge on any atom is 0.225 e. The third-order valence-corrected chi connectivity index (χ3v) is 6.32. The van der Waals surface area contributed by atoms with Crippen molar-refractivity contribution in [2.75, 3.05) is 0 Å². The lowest BCUT2D eigenvalue weighted by Gasteiger charge is -2.28. The Morgan fingerprint density at radius 1 is 1.20 bits per heavy atom. The fourth-order valence-electron chi connectivity index (χ4n) is 3.80. The summed E-state index contributed by atoms with van der Waals surface area (Å²) in [5.41, 5.74) is 1.47. The number of aromatic nitrogens is 2. The first-order valence-electron chi connectivity index (χ1n) is 9.68. The summed E-state index contributed by atoms with van der Waals surface area (Å²) >= 11 is 1.84. The van der Waals surface area contributed by atoms with Gasteiger partial charge in [-0.1, -0.05) is 13.3 Å². The summed E-state index contributed by atoms with van der Waals surface area (Å²) in [6, 6.07) is 0. The van der Waals surface area contributed by atoms with Gasteiger partial charge in [0.15, 0.2) is 0 Å². The molecule has 0 atom stereocenters. The normalized spacial score (nSPS) is 22.6. The molecule has 0 spiro atoms. The van der Waals surface area contributed by atoms with Crippen LogP contribution < -0.4 is 4.74 Å². The molecule has 0 amide bonds. The Kier molecular flexibility index (Phi) is 6.29. The number of fused-ring (bicyclic) bond motifs is 3. The third-order valence-electron chi connectivity index (χ3n) is 5.12. The highest BCUT2D eigenvalue weighted by atomic mass is 32.1. The molecule has 0 aromatic carbocycles. The molecule has 0 aliphatic heterocycles. The van der Waals surface area contributed by atoms with Crippen molar-refractivity contribution in [2.24, 2.45) is 5.92 Å². The van der Waals surface area contributed by atoms with Crippen molar-refractivity contribution in [3.8, 4) is 5.88 Å². The second-order valence-electron chi connectivity index (χ2n) is 7.48. The maximum absolute atomic E-state index is 8.06. The van der Waals surface area contributed by atoms with Gasteiger partial charge in [-0.05, 0) is 70.3 Å². The van der Waals surface area contributed by atoms with Crippen molar-refractivity contribution in [1.82, 2.24) is 9.97 Å². The van der Waals surface area contributed by atoms with Crippen molar-refractivity contribution < 1.29 is 9.84 Å². The average molecular weight is 363 g/mol. The van der Waals surface area contributed by atoms with Crippen LogP contribution in [0.2, 0.25) is 0 Å². The van der Waals surface area contributed by atoms with Gasteiger partial charge in [0.2, 0.25) is 5.88 Å². The number of aliphatic hydroxyl groups excluding tert-OH is 1. The monoisotopic (exact) mass is 362 g/mol. The quantitative estimate of drug-likeness (QED) is 0.842. The van der Waals surface area contributed by atoms with Gasteiger partial charge < -0.3 is 9.84 Å². The Morgan fingerprint density at radius 2 is 1.92 bits per heavy atom. The van der Waals surface area contributed by atoms with Gasteiger partial charge in [-0.3, -0.25) is 0 Å². The fraction of sp³-hybridized carbons (Fsp3) is 0.700. The molecule has 2 aromatic heterocycles. The fourth-order valence-corrected chi connectivity index (χ4v) is 5.02. The number of rotatable bonds is 3. The van der Waals surface area contributed by atoms with Gasteiger partial charge in [-0.15, -0.1) is 11.3 Å². The van der Waals surface area contributed by atoms with Crippen molar-refractivity contribution in [3.63, 3.8) is 0 Å². The molecule has 4 rings (SSSR count). The van der Waals surface area contributed by atoms with E-state index in [2.05, 4.69) is 16.9 Å². The van der Waals surface area contributed by atoms with Gasteiger partial charge in [-0.25, -0.2) is 9.97 Å². The number of thiophene rings is 1. The highest BCUT2D eigenvalue weighted by Gasteiger charge is 2.25. The Balaban J connectivity index is 0.000000415. The van der Waals surface area contributed by atoms with Gasteiger partial charge in [-0.2, -0.15) is 0 Å². The topological polar surface area (TPSA) is 55.2 Å². The maximum atomic E-state index is 8.06. The van der Waals surface area contributed by atoms with E-state index >= 15 is 0 Å². The first-order valence-corrected chi connectivity index (χ1v) is 10.5. The Morgan fingerprint density at radius 3 is 2.60 bits per heavy atom. The lowest BCUT2D eigenvalue weighted by Crippen LogP contribution is -2.24. The Labute approximate surface area is 154 Å². The van der Waals surface area contributed by atoms with Gasteiger partial charge in [0.25, 0.3) is 0 Å². The van der Waals surface area contributed by atoms with Crippen LogP contribution in [0.25, 0.3) is 10.2 Å².